The van der Waals surface area contributed by atoms with Gasteiger partial charge in [0.1, 0.15) is 0 Å². The first-order valence-electron chi connectivity index (χ1n) is 4.55. The highest BCUT2D eigenvalue weighted by Crippen LogP contribution is 2.22. The normalized spacial score (nSPS) is 13.4. The lowest BCUT2D eigenvalue weighted by Crippen LogP contribution is -2.27. The molecule has 0 fully saturated rings. The number of nitrogens with zero attached hydrogens (tertiary/aromatic N) is 3. The monoisotopic (exact) mass is 221 g/mol. The van der Waals surface area contributed by atoms with E-state index >= 15 is 0 Å². The third kappa shape index (κ3) is 2.73. The second-order valence-corrected chi connectivity index (χ2v) is 3.03. The molecule has 0 radical (unpaired) electrons. The maximum absolute atomic E-state index is 11.1. The Kier molecular flexibility index (Phi) is 4.32. The molecule has 0 spiro atoms. The van der Waals surface area contributed by atoms with Crippen molar-refractivity contribution in [1.29, 1.82) is 0 Å². The molecule has 0 saturated heterocycles. The highest BCUT2D eigenvalue weighted by atomic mass is 16.5. The number of carbonyl (C=O) groups is 1. The van der Waals surface area contributed by atoms with Gasteiger partial charge < -0.3 is 9.84 Å². The summed E-state index contributed by atoms with van der Waals surface area (Å²) in [6, 6.07) is 7.56. The maximum atomic E-state index is 11.1. The Morgan fingerprint density at radius 1 is 1.50 bits per heavy atom. The van der Waals surface area contributed by atoms with Crippen LogP contribution in [0.5, 0.6) is 0 Å². The summed E-state index contributed by atoms with van der Waals surface area (Å²) >= 11 is 0. The minimum atomic E-state index is -1.50. The minimum Gasteiger partial charge on any atom is -0.467 e. The molecular formula is C10H11N3O3. The van der Waals surface area contributed by atoms with Crippen LogP contribution in [0.1, 0.15) is 11.6 Å². The predicted molar refractivity (Wildman–Crippen MR) is 56.4 cm³/mol. The molecule has 0 bridgehead atoms. The van der Waals surface area contributed by atoms with Gasteiger partial charge in [0.25, 0.3) is 0 Å². The van der Waals surface area contributed by atoms with E-state index in [0.717, 1.165) is 7.11 Å². The maximum Gasteiger partial charge on any atom is 0.335 e. The average Bonchev–Trinajstić information content (AvgIpc) is 2.35. The van der Waals surface area contributed by atoms with E-state index in [0.29, 0.717) is 5.56 Å². The average molecular weight is 221 g/mol. The zero-order valence-electron chi connectivity index (χ0n) is 8.65. The van der Waals surface area contributed by atoms with Gasteiger partial charge in [-0.15, -0.1) is 0 Å². The van der Waals surface area contributed by atoms with Crippen LogP contribution in [0.25, 0.3) is 10.4 Å². The summed E-state index contributed by atoms with van der Waals surface area (Å²) < 4.78 is 4.39. The highest BCUT2D eigenvalue weighted by Gasteiger charge is 2.27. The molecule has 1 rings (SSSR count). The molecule has 84 valence electrons. The minimum absolute atomic E-state index is 0.554. The SMILES string of the molecule is COC(=O)[C@H](O)[C@@H](N=[N+]=[N-])c1ccccc1. The van der Waals surface area contributed by atoms with Crippen molar-refractivity contribution in [3.8, 4) is 0 Å². The van der Waals surface area contributed by atoms with Gasteiger partial charge in [0.05, 0.1) is 13.2 Å². The van der Waals surface area contributed by atoms with Crippen LogP contribution in [0.4, 0.5) is 0 Å². The van der Waals surface area contributed by atoms with Crippen LogP contribution in [-0.2, 0) is 9.53 Å². The fraction of sp³-hybridized carbons (Fsp3) is 0.300. The molecule has 0 amide bonds. The standard InChI is InChI=1S/C10H11N3O3/c1-16-10(15)9(14)8(12-13-11)7-5-3-2-4-6-7/h2-6,8-9,14H,1H3/t8-,9+/m0/s1. The number of aliphatic hydroxyl groups excluding tert-OH is 1. The number of hydrogen-bond donors (Lipinski definition) is 1. The van der Waals surface area contributed by atoms with E-state index < -0.39 is 18.1 Å². The van der Waals surface area contributed by atoms with Gasteiger partial charge in [-0.1, -0.05) is 35.4 Å². The van der Waals surface area contributed by atoms with Crippen LogP contribution in [0.3, 0.4) is 0 Å². The highest BCUT2D eigenvalue weighted by molar-refractivity contribution is 5.75. The topological polar surface area (TPSA) is 95.3 Å². The molecule has 1 aromatic carbocycles. The zero-order chi connectivity index (χ0) is 12.0. The van der Waals surface area contributed by atoms with Crippen molar-refractivity contribution in [2.75, 3.05) is 7.11 Å². The lowest BCUT2D eigenvalue weighted by molar-refractivity contribution is -0.151. The first kappa shape index (κ1) is 12.0. The number of rotatable bonds is 4. The van der Waals surface area contributed by atoms with Crippen LogP contribution in [-0.4, -0.2) is 24.3 Å². The molecule has 0 aliphatic heterocycles. The van der Waals surface area contributed by atoms with Crippen molar-refractivity contribution in [2.45, 2.75) is 12.1 Å². The van der Waals surface area contributed by atoms with Crippen molar-refractivity contribution < 1.29 is 14.6 Å². The van der Waals surface area contributed by atoms with Gasteiger partial charge in [-0.3, -0.25) is 0 Å². The second-order valence-electron chi connectivity index (χ2n) is 3.03. The molecule has 2 atom stereocenters. The fourth-order valence-electron chi connectivity index (χ4n) is 1.27. The Morgan fingerprint density at radius 3 is 2.62 bits per heavy atom. The predicted octanol–water partition coefficient (Wildman–Crippen LogP) is 1.57. The van der Waals surface area contributed by atoms with Crippen molar-refractivity contribution in [3.63, 3.8) is 0 Å². The number of hydrogen-bond acceptors (Lipinski definition) is 4. The number of esters is 1. The molecule has 0 aromatic heterocycles. The van der Waals surface area contributed by atoms with Crippen molar-refractivity contribution in [3.05, 3.63) is 46.3 Å². The largest absolute Gasteiger partial charge is 0.467 e. The smallest absolute Gasteiger partial charge is 0.335 e. The van der Waals surface area contributed by atoms with E-state index in [-0.39, 0.29) is 0 Å². The van der Waals surface area contributed by atoms with E-state index in [9.17, 15) is 9.90 Å². The summed E-state index contributed by atoms with van der Waals surface area (Å²) in [6.45, 7) is 0. The summed E-state index contributed by atoms with van der Waals surface area (Å²) in [6.07, 6.45) is -1.50. The molecule has 0 aliphatic rings. The Balaban J connectivity index is 3.00. The summed E-state index contributed by atoms with van der Waals surface area (Å²) in [5, 5.41) is 13.0. The van der Waals surface area contributed by atoms with Crippen molar-refractivity contribution in [2.24, 2.45) is 5.11 Å². The van der Waals surface area contributed by atoms with Crippen LogP contribution < -0.4 is 0 Å². The van der Waals surface area contributed by atoms with Gasteiger partial charge in [-0.2, -0.15) is 0 Å². The molecule has 0 saturated carbocycles. The number of methoxy groups -OCH3 is 1. The number of carbonyl (C=O) groups excluding carboxylic acids is 1. The van der Waals surface area contributed by atoms with Crippen LogP contribution >= 0.6 is 0 Å². The Bertz CT molecular complexity index is 401. The zero-order valence-corrected chi connectivity index (χ0v) is 8.65. The Labute approximate surface area is 92.1 Å². The van der Waals surface area contributed by atoms with E-state index in [1.54, 1.807) is 30.3 Å². The van der Waals surface area contributed by atoms with Crippen LogP contribution in [0.2, 0.25) is 0 Å². The lowest BCUT2D eigenvalue weighted by Gasteiger charge is -2.16. The fourth-order valence-corrected chi connectivity index (χ4v) is 1.27. The molecule has 0 heterocycles. The summed E-state index contributed by atoms with van der Waals surface area (Å²) in [5.74, 6) is -0.832. The number of benzene rings is 1. The van der Waals surface area contributed by atoms with E-state index in [2.05, 4.69) is 14.8 Å². The summed E-state index contributed by atoms with van der Waals surface area (Å²) in [5.41, 5.74) is 8.95. The van der Waals surface area contributed by atoms with Crippen molar-refractivity contribution >= 4 is 5.97 Å². The second kappa shape index (κ2) is 5.75. The van der Waals surface area contributed by atoms with Crippen LogP contribution in [0.15, 0.2) is 35.4 Å². The summed E-state index contributed by atoms with van der Waals surface area (Å²) in [7, 11) is 1.16. The van der Waals surface area contributed by atoms with E-state index in [4.69, 9.17) is 5.53 Å². The molecule has 0 unspecified atom stereocenters. The van der Waals surface area contributed by atoms with Gasteiger partial charge in [0.2, 0.25) is 0 Å². The first-order chi connectivity index (χ1) is 7.70. The molecule has 6 heteroatoms. The number of ether oxygens (including phenoxy) is 1. The molecular weight excluding hydrogens is 210 g/mol. The lowest BCUT2D eigenvalue weighted by atomic mass is 10.0. The van der Waals surface area contributed by atoms with E-state index in [1.165, 1.54) is 0 Å². The van der Waals surface area contributed by atoms with E-state index in [1.807, 2.05) is 0 Å². The third-order valence-electron chi connectivity index (χ3n) is 2.06. The van der Waals surface area contributed by atoms with Gasteiger partial charge >= 0.3 is 5.97 Å². The van der Waals surface area contributed by atoms with Crippen molar-refractivity contribution in [1.82, 2.24) is 0 Å². The number of azide groups is 1. The molecule has 1 N–H and O–H groups in total. The molecule has 16 heavy (non-hydrogen) atoms. The molecule has 6 nitrogen and oxygen atoms in total. The molecule has 0 aliphatic carbocycles. The molecule has 1 aromatic rings. The van der Waals surface area contributed by atoms with Gasteiger partial charge in [-0.05, 0) is 11.1 Å². The van der Waals surface area contributed by atoms with Gasteiger partial charge in [0, 0.05) is 4.91 Å². The third-order valence-corrected chi connectivity index (χ3v) is 2.06. The summed E-state index contributed by atoms with van der Waals surface area (Å²) in [4.78, 5) is 13.8. The number of aliphatic hydroxyl groups is 1. The van der Waals surface area contributed by atoms with Crippen LogP contribution in [0, 0.1) is 0 Å². The Hall–Kier alpha value is -2.04. The quantitative estimate of drug-likeness (QED) is 0.361. The first-order valence-corrected chi connectivity index (χ1v) is 4.55. The Morgan fingerprint density at radius 2 is 2.12 bits per heavy atom. The van der Waals surface area contributed by atoms with Gasteiger partial charge in [0.15, 0.2) is 6.10 Å². The van der Waals surface area contributed by atoms with Gasteiger partial charge in [-0.25, -0.2) is 4.79 Å².